The number of halogens is 1. The maximum Gasteiger partial charge on any atom is 0.239 e. The molecule has 2 N–H and O–H groups in total. The highest BCUT2D eigenvalue weighted by atomic mass is 35.5. The summed E-state index contributed by atoms with van der Waals surface area (Å²) in [5, 5.41) is 3.35. The van der Waals surface area contributed by atoms with Gasteiger partial charge in [-0.2, -0.15) is 0 Å². The zero-order valence-electron chi connectivity index (χ0n) is 16.1. The van der Waals surface area contributed by atoms with E-state index in [-0.39, 0.29) is 35.7 Å². The second-order valence-electron chi connectivity index (χ2n) is 7.91. The van der Waals surface area contributed by atoms with Gasteiger partial charge in [0.15, 0.2) is 0 Å². The van der Waals surface area contributed by atoms with Crippen LogP contribution in [0.5, 0.6) is 0 Å². The summed E-state index contributed by atoms with van der Waals surface area (Å²) in [6.07, 6.45) is 0.937. The van der Waals surface area contributed by atoms with E-state index in [2.05, 4.69) is 38.0 Å². The van der Waals surface area contributed by atoms with Crippen molar-refractivity contribution in [3.05, 3.63) is 16.1 Å². The van der Waals surface area contributed by atoms with Gasteiger partial charge in [-0.15, -0.1) is 23.7 Å². The third kappa shape index (κ3) is 5.91. The van der Waals surface area contributed by atoms with Gasteiger partial charge in [-0.05, 0) is 5.92 Å². The summed E-state index contributed by atoms with van der Waals surface area (Å²) in [7, 11) is 0. The number of nitrogens with two attached hydrogens (primary N) is 1. The molecule has 2 atom stereocenters. The van der Waals surface area contributed by atoms with Crippen LogP contribution in [0.4, 0.5) is 0 Å². The Kier molecular flexibility index (Phi) is 8.32. The molecule has 7 heteroatoms. The SMILES string of the molecule is CCC(C)C(N)C(=O)N1CCN(Cc2csc(C(C)(C)C)n2)CC1.Cl. The Morgan fingerprint density at radius 3 is 2.40 bits per heavy atom. The molecule has 2 unspecified atom stereocenters. The van der Waals surface area contributed by atoms with Crippen molar-refractivity contribution in [3.63, 3.8) is 0 Å². The Balaban J connectivity index is 0.00000312. The van der Waals surface area contributed by atoms with Crippen molar-refractivity contribution in [2.75, 3.05) is 26.2 Å². The molecule has 1 amide bonds. The predicted octanol–water partition coefficient (Wildman–Crippen LogP) is 2.88. The molecule has 5 nitrogen and oxygen atoms in total. The summed E-state index contributed by atoms with van der Waals surface area (Å²) in [5.74, 6) is 0.342. The van der Waals surface area contributed by atoms with Gasteiger partial charge < -0.3 is 10.6 Å². The fraction of sp³-hybridized carbons (Fsp3) is 0.778. The van der Waals surface area contributed by atoms with Crippen LogP contribution < -0.4 is 5.73 Å². The average molecular weight is 389 g/mol. The molecule has 1 aliphatic rings. The number of hydrogen-bond acceptors (Lipinski definition) is 5. The molecule has 1 aliphatic heterocycles. The summed E-state index contributed by atoms with van der Waals surface area (Å²) in [4.78, 5) is 21.5. The number of carbonyl (C=O) groups is 1. The van der Waals surface area contributed by atoms with Crippen LogP contribution in [0.15, 0.2) is 5.38 Å². The molecule has 2 heterocycles. The summed E-state index contributed by atoms with van der Waals surface area (Å²) in [6, 6.07) is -0.366. The van der Waals surface area contributed by atoms with E-state index in [4.69, 9.17) is 10.7 Å². The number of aromatic nitrogens is 1. The van der Waals surface area contributed by atoms with E-state index in [1.165, 1.54) is 5.01 Å². The normalized spacial score (nSPS) is 18.6. The number of carbonyl (C=O) groups excluding carboxylic acids is 1. The first-order chi connectivity index (χ1) is 11.2. The van der Waals surface area contributed by atoms with Crippen LogP contribution in [0.2, 0.25) is 0 Å². The Bertz CT molecular complexity index is 550. The van der Waals surface area contributed by atoms with Crippen LogP contribution in [-0.2, 0) is 16.8 Å². The predicted molar refractivity (Wildman–Crippen MR) is 107 cm³/mol. The minimum Gasteiger partial charge on any atom is -0.339 e. The number of thiazole rings is 1. The monoisotopic (exact) mass is 388 g/mol. The van der Waals surface area contributed by atoms with Gasteiger partial charge in [0.25, 0.3) is 0 Å². The number of piperazine rings is 1. The summed E-state index contributed by atoms with van der Waals surface area (Å²) >= 11 is 1.74. The van der Waals surface area contributed by atoms with Gasteiger partial charge in [0.05, 0.1) is 16.7 Å². The van der Waals surface area contributed by atoms with Gasteiger partial charge in [-0.1, -0.05) is 41.0 Å². The molecular weight excluding hydrogens is 356 g/mol. The van der Waals surface area contributed by atoms with Gasteiger partial charge in [-0.3, -0.25) is 9.69 Å². The standard InChI is InChI=1S/C18H32N4OS.ClH/c1-6-13(2)15(19)16(23)22-9-7-21(8-10-22)11-14-12-24-17(20-14)18(3,4)5;/h12-13,15H,6-11,19H2,1-5H3;1H. The van der Waals surface area contributed by atoms with Gasteiger partial charge in [0.2, 0.25) is 5.91 Å². The quantitative estimate of drug-likeness (QED) is 0.842. The Morgan fingerprint density at radius 2 is 1.92 bits per heavy atom. The zero-order valence-corrected chi connectivity index (χ0v) is 17.8. The van der Waals surface area contributed by atoms with E-state index >= 15 is 0 Å². The molecule has 1 aromatic rings. The first kappa shape index (κ1) is 22.4. The Hall–Kier alpha value is -0.690. The fourth-order valence-corrected chi connectivity index (χ4v) is 3.69. The fourth-order valence-electron chi connectivity index (χ4n) is 2.79. The minimum absolute atomic E-state index is 0. The van der Waals surface area contributed by atoms with Crippen molar-refractivity contribution in [1.29, 1.82) is 0 Å². The van der Waals surface area contributed by atoms with Crippen molar-refractivity contribution in [3.8, 4) is 0 Å². The van der Waals surface area contributed by atoms with Crippen molar-refractivity contribution < 1.29 is 4.79 Å². The van der Waals surface area contributed by atoms with E-state index in [9.17, 15) is 4.79 Å². The van der Waals surface area contributed by atoms with Crippen LogP contribution in [0, 0.1) is 5.92 Å². The van der Waals surface area contributed by atoms with Crippen molar-refractivity contribution in [1.82, 2.24) is 14.8 Å². The maximum atomic E-state index is 12.4. The average Bonchev–Trinajstić information content (AvgIpc) is 3.02. The Labute approximate surface area is 162 Å². The highest BCUT2D eigenvalue weighted by molar-refractivity contribution is 7.09. The molecule has 144 valence electrons. The van der Waals surface area contributed by atoms with Crippen LogP contribution in [0.1, 0.15) is 51.7 Å². The molecule has 0 aromatic carbocycles. The largest absolute Gasteiger partial charge is 0.339 e. The molecule has 1 aromatic heterocycles. The first-order valence-corrected chi connectivity index (χ1v) is 9.82. The van der Waals surface area contributed by atoms with Gasteiger partial charge in [0.1, 0.15) is 0 Å². The van der Waals surface area contributed by atoms with E-state index in [0.717, 1.165) is 44.8 Å². The molecule has 0 spiro atoms. The molecule has 0 saturated carbocycles. The van der Waals surface area contributed by atoms with E-state index in [1.807, 2.05) is 11.8 Å². The molecule has 1 fully saturated rings. The molecule has 25 heavy (non-hydrogen) atoms. The zero-order chi connectivity index (χ0) is 17.9. The molecular formula is C18H33ClN4OS. The van der Waals surface area contributed by atoms with Crippen molar-refractivity contribution >= 4 is 29.7 Å². The number of rotatable bonds is 5. The molecule has 2 rings (SSSR count). The highest BCUT2D eigenvalue weighted by Crippen LogP contribution is 2.26. The lowest BCUT2D eigenvalue weighted by Crippen LogP contribution is -2.54. The van der Waals surface area contributed by atoms with E-state index in [0.29, 0.717) is 0 Å². The third-order valence-electron chi connectivity index (χ3n) is 4.81. The number of amides is 1. The topological polar surface area (TPSA) is 62.5 Å². The number of hydrogen-bond donors (Lipinski definition) is 1. The molecule has 0 radical (unpaired) electrons. The first-order valence-electron chi connectivity index (χ1n) is 8.94. The van der Waals surface area contributed by atoms with Gasteiger partial charge >= 0.3 is 0 Å². The number of nitrogens with zero attached hydrogens (tertiary/aromatic N) is 3. The highest BCUT2D eigenvalue weighted by Gasteiger charge is 2.28. The lowest BCUT2D eigenvalue weighted by molar-refractivity contribution is -0.135. The maximum absolute atomic E-state index is 12.4. The van der Waals surface area contributed by atoms with Crippen LogP contribution in [-0.4, -0.2) is 52.9 Å². The summed E-state index contributed by atoms with van der Waals surface area (Å²) in [6.45, 7) is 14.9. The van der Waals surface area contributed by atoms with E-state index in [1.54, 1.807) is 11.3 Å². The van der Waals surface area contributed by atoms with Crippen molar-refractivity contribution in [2.24, 2.45) is 11.7 Å². The van der Waals surface area contributed by atoms with Crippen LogP contribution >= 0.6 is 23.7 Å². The molecule has 0 aliphatic carbocycles. The second kappa shape index (κ2) is 9.31. The van der Waals surface area contributed by atoms with Crippen LogP contribution in [0.3, 0.4) is 0 Å². The lowest BCUT2D eigenvalue weighted by atomic mass is 9.98. The Morgan fingerprint density at radius 1 is 1.32 bits per heavy atom. The summed E-state index contributed by atoms with van der Waals surface area (Å²) in [5.41, 5.74) is 7.34. The van der Waals surface area contributed by atoms with Gasteiger partial charge in [-0.25, -0.2) is 4.98 Å². The lowest BCUT2D eigenvalue weighted by Gasteiger charge is -2.36. The minimum atomic E-state index is -0.366. The van der Waals surface area contributed by atoms with E-state index < -0.39 is 0 Å². The van der Waals surface area contributed by atoms with Gasteiger partial charge in [0, 0.05) is 43.5 Å². The third-order valence-corrected chi connectivity index (χ3v) is 6.12. The smallest absolute Gasteiger partial charge is 0.239 e. The molecule has 0 bridgehead atoms. The second-order valence-corrected chi connectivity index (χ2v) is 8.76. The van der Waals surface area contributed by atoms with Crippen LogP contribution in [0.25, 0.3) is 0 Å². The van der Waals surface area contributed by atoms with Crippen molar-refractivity contribution in [2.45, 2.75) is 59.0 Å². The summed E-state index contributed by atoms with van der Waals surface area (Å²) < 4.78 is 0. The molecule has 1 saturated heterocycles.